The number of hydrogen-bond donors (Lipinski definition) is 2. The Kier molecular flexibility index (Phi) is 6.46. The van der Waals surface area contributed by atoms with Gasteiger partial charge in [0.2, 0.25) is 0 Å². The molecule has 20 heavy (non-hydrogen) atoms. The van der Waals surface area contributed by atoms with Crippen LogP contribution in [0.5, 0.6) is 0 Å². The third kappa shape index (κ3) is 3.72. The lowest BCUT2D eigenvalue weighted by Crippen LogP contribution is -2.31. The zero-order chi connectivity index (χ0) is 13.8. The van der Waals surface area contributed by atoms with E-state index in [1.807, 2.05) is 0 Å². The number of ether oxygens (including phenoxy) is 1. The Morgan fingerprint density at radius 1 is 1.30 bits per heavy atom. The Morgan fingerprint density at radius 2 is 1.85 bits per heavy atom. The third-order valence-corrected chi connectivity index (χ3v) is 3.97. The number of halogens is 1. The van der Waals surface area contributed by atoms with Crippen LogP contribution < -0.4 is 5.73 Å². The molecule has 5 heteroatoms. The Labute approximate surface area is 125 Å². The molecule has 0 aliphatic heterocycles. The summed E-state index contributed by atoms with van der Waals surface area (Å²) < 4.78 is 4.65. The second-order valence-corrected chi connectivity index (χ2v) is 5.17. The molecule has 0 bridgehead atoms. The molecular formula is C15H22ClNO3. The van der Waals surface area contributed by atoms with E-state index in [0.717, 1.165) is 18.4 Å². The fourth-order valence-corrected chi connectivity index (χ4v) is 2.75. The van der Waals surface area contributed by atoms with Gasteiger partial charge in [-0.15, -0.1) is 12.4 Å². The van der Waals surface area contributed by atoms with Crippen molar-refractivity contribution >= 4 is 18.4 Å². The predicted octanol–water partition coefficient (Wildman–Crippen LogP) is 2.45. The monoisotopic (exact) mass is 299 g/mol. The van der Waals surface area contributed by atoms with Gasteiger partial charge in [-0.3, -0.25) is 0 Å². The van der Waals surface area contributed by atoms with Crippen LogP contribution in [0, 0.1) is 5.92 Å². The van der Waals surface area contributed by atoms with Crippen LogP contribution >= 0.6 is 12.4 Å². The molecule has 0 heterocycles. The van der Waals surface area contributed by atoms with Gasteiger partial charge in [-0.25, -0.2) is 4.79 Å². The van der Waals surface area contributed by atoms with Crippen LogP contribution in [0.3, 0.4) is 0 Å². The van der Waals surface area contributed by atoms with Crippen molar-refractivity contribution in [3.63, 3.8) is 0 Å². The lowest BCUT2D eigenvalue weighted by Gasteiger charge is -2.24. The third-order valence-electron chi connectivity index (χ3n) is 3.97. The fourth-order valence-electron chi connectivity index (χ4n) is 2.75. The van der Waals surface area contributed by atoms with Gasteiger partial charge in [-0.05, 0) is 36.5 Å². The smallest absolute Gasteiger partial charge is 0.337 e. The summed E-state index contributed by atoms with van der Waals surface area (Å²) in [7, 11) is 1.35. The number of methoxy groups -OCH3 is 1. The maximum Gasteiger partial charge on any atom is 0.337 e. The molecule has 1 fully saturated rings. The molecule has 0 aromatic heterocycles. The Balaban J connectivity index is 0.00000200. The first kappa shape index (κ1) is 17.0. The van der Waals surface area contributed by atoms with E-state index in [9.17, 15) is 9.90 Å². The number of nitrogens with two attached hydrogens (primary N) is 1. The minimum atomic E-state index is -0.508. The topological polar surface area (TPSA) is 72.5 Å². The number of hydrogen-bond acceptors (Lipinski definition) is 4. The average Bonchev–Trinajstić information content (AvgIpc) is 2.99. The molecule has 0 radical (unpaired) electrons. The number of benzene rings is 1. The van der Waals surface area contributed by atoms with Crippen LogP contribution in [-0.4, -0.2) is 24.3 Å². The van der Waals surface area contributed by atoms with Crippen molar-refractivity contribution < 1.29 is 14.6 Å². The number of aliphatic hydroxyl groups excluding tert-OH is 1. The molecule has 112 valence electrons. The molecule has 1 aliphatic carbocycles. The molecule has 2 rings (SSSR count). The highest BCUT2D eigenvalue weighted by Crippen LogP contribution is 2.32. The number of carbonyl (C=O) groups is 1. The molecule has 3 N–H and O–H groups in total. The minimum absolute atomic E-state index is 0. The summed E-state index contributed by atoms with van der Waals surface area (Å²) >= 11 is 0. The van der Waals surface area contributed by atoms with E-state index < -0.39 is 12.1 Å². The summed E-state index contributed by atoms with van der Waals surface area (Å²) in [5, 5.41) is 10.3. The maximum absolute atomic E-state index is 11.3. The van der Waals surface area contributed by atoms with Gasteiger partial charge in [0.1, 0.15) is 0 Å². The van der Waals surface area contributed by atoms with E-state index in [1.54, 1.807) is 24.3 Å². The van der Waals surface area contributed by atoms with E-state index in [2.05, 4.69) is 4.74 Å². The van der Waals surface area contributed by atoms with Crippen molar-refractivity contribution in [2.45, 2.75) is 37.8 Å². The molecule has 1 aliphatic rings. The molecule has 0 spiro atoms. The summed E-state index contributed by atoms with van der Waals surface area (Å²) in [5.74, 6) is -0.0632. The van der Waals surface area contributed by atoms with Gasteiger partial charge in [-0.2, -0.15) is 0 Å². The van der Waals surface area contributed by atoms with E-state index >= 15 is 0 Å². The summed E-state index contributed by atoms with van der Waals surface area (Å²) in [4.78, 5) is 11.3. The summed E-state index contributed by atoms with van der Waals surface area (Å²) in [6.07, 6.45) is 3.95. The van der Waals surface area contributed by atoms with E-state index in [0.29, 0.717) is 11.5 Å². The summed E-state index contributed by atoms with van der Waals surface area (Å²) in [6, 6.07) is 6.55. The van der Waals surface area contributed by atoms with Crippen molar-refractivity contribution in [1.82, 2.24) is 0 Å². The second kappa shape index (κ2) is 7.62. The zero-order valence-electron chi connectivity index (χ0n) is 11.6. The number of rotatable bonds is 4. The molecule has 2 atom stereocenters. The van der Waals surface area contributed by atoms with Gasteiger partial charge in [0, 0.05) is 0 Å². The molecule has 0 unspecified atom stereocenters. The highest BCUT2D eigenvalue weighted by molar-refractivity contribution is 5.89. The maximum atomic E-state index is 11.3. The Hall–Kier alpha value is -1.10. The van der Waals surface area contributed by atoms with Gasteiger partial charge in [-0.1, -0.05) is 25.0 Å². The first-order chi connectivity index (χ1) is 9.13. The van der Waals surface area contributed by atoms with Crippen LogP contribution in [0.25, 0.3) is 0 Å². The minimum Gasteiger partial charge on any atom is -0.465 e. The van der Waals surface area contributed by atoms with Gasteiger partial charge in [0.25, 0.3) is 0 Å². The largest absolute Gasteiger partial charge is 0.465 e. The van der Waals surface area contributed by atoms with Crippen molar-refractivity contribution in [3.05, 3.63) is 35.4 Å². The van der Waals surface area contributed by atoms with Crippen LogP contribution in [0.1, 0.15) is 47.6 Å². The van der Waals surface area contributed by atoms with Crippen LogP contribution in [-0.2, 0) is 4.74 Å². The first-order valence-electron chi connectivity index (χ1n) is 6.75. The Morgan fingerprint density at radius 3 is 2.35 bits per heavy atom. The summed E-state index contributed by atoms with van der Waals surface area (Å²) in [6.45, 7) is 0. The van der Waals surface area contributed by atoms with E-state index in [1.165, 1.54) is 20.0 Å². The lowest BCUT2D eigenvalue weighted by molar-refractivity contribution is 0.0600. The molecular weight excluding hydrogens is 278 g/mol. The molecule has 1 saturated carbocycles. The molecule has 4 nitrogen and oxygen atoms in total. The highest BCUT2D eigenvalue weighted by atomic mass is 35.5. The zero-order valence-corrected chi connectivity index (χ0v) is 12.4. The standard InChI is InChI=1S/C15H21NO3.ClH/c1-19-15(18)12-8-6-10(7-9-12)13(16)14(17)11-4-2-3-5-11;/h6-9,11,13-14,17H,2-5,16H2,1H3;1H/t13-,14+;/m1./s1. The normalized spacial score (nSPS) is 18.1. The van der Waals surface area contributed by atoms with Crippen LogP contribution in [0.4, 0.5) is 0 Å². The van der Waals surface area contributed by atoms with Gasteiger partial charge < -0.3 is 15.6 Å². The molecule has 0 amide bonds. The number of esters is 1. The van der Waals surface area contributed by atoms with Crippen molar-refractivity contribution in [3.8, 4) is 0 Å². The summed E-state index contributed by atoms with van der Waals surface area (Å²) in [5.41, 5.74) is 7.46. The van der Waals surface area contributed by atoms with Crippen molar-refractivity contribution in [2.75, 3.05) is 7.11 Å². The molecule has 1 aromatic carbocycles. The van der Waals surface area contributed by atoms with Crippen LogP contribution in [0.15, 0.2) is 24.3 Å². The van der Waals surface area contributed by atoms with Gasteiger partial charge in [0.15, 0.2) is 0 Å². The fraction of sp³-hybridized carbons (Fsp3) is 0.533. The SMILES string of the molecule is COC(=O)c1ccc([C@@H](N)[C@@H](O)C2CCCC2)cc1.Cl. The second-order valence-electron chi connectivity index (χ2n) is 5.17. The lowest BCUT2D eigenvalue weighted by atomic mass is 9.90. The molecule has 1 aromatic rings. The Bertz CT molecular complexity index is 429. The van der Waals surface area contributed by atoms with Crippen molar-refractivity contribution in [1.29, 1.82) is 0 Å². The van der Waals surface area contributed by atoms with Crippen LogP contribution in [0.2, 0.25) is 0 Å². The first-order valence-corrected chi connectivity index (χ1v) is 6.75. The number of carbonyl (C=O) groups excluding carboxylic acids is 1. The van der Waals surface area contributed by atoms with E-state index in [-0.39, 0.29) is 18.4 Å². The molecule has 0 saturated heterocycles. The predicted molar refractivity (Wildman–Crippen MR) is 79.9 cm³/mol. The quantitative estimate of drug-likeness (QED) is 0.838. The highest BCUT2D eigenvalue weighted by Gasteiger charge is 2.28. The van der Waals surface area contributed by atoms with Crippen molar-refractivity contribution in [2.24, 2.45) is 11.7 Å². The average molecular weight is 300 g/mol. The van der Waals surface area contributed by atoms with Gasteiger partial charge in [0.05, 0.1) is 24.8 Å². The van der Waals surface area contributed by atoms with Gasteiger partial charge >= 0.3 is 5.97 Å². The van der Waals surface area contributed by atoms with E-state index in [4.69, 9.17) is 5.73 Å². The number of aliphatic hydroxyl groups is 1.